The third kappa shape index (κ3) is 5.71. The van der Waals surface area contributed by atoms with E-state index in [4.69, 9.17) is 4.99 Å². The van der Waals surface area contributed by atoms with Crippen molar-refractivity contribution in [2.75, 3.05) is 11.9 Å². The molecule has 0 spiro atoms. The molecule has 0 aliphatic heterocycles. The molecule has 52 heavy (non-hydrogen) atoms. The zero-order valence-corrected chi connectivity index (χ0v) is 28.9. The standard InChI is InChI=1S/C50H36N2/c1-52(50(51-40-19-6-3-7-20-40)47-26-14-18-37-17-8-9-21-42(37)47)41-33-31-39(32-34-41)49-45-24-12-10-22-43(45)48(44-23-11-13-25-46(44)49)38-29-27-36(28-30-38)35-15-4-2-5-16-35/h2-34H,1H3. The number of fused-ring (bicyclic) bond motifs is 3. The molecule has 9 aromatic rings. The first-order valence-corrected chi connectivity index (χ1v) is 17.8. The summed E-state index contributed by atoms with van der Waals surface area (Å²) in [7, 11) is 2.11. The third-order valence-corrected chi connectivity index (χ3v) is 10.1. The molecule has 0 saturated carbocycles. The van der Waals surface area contributed by atoms with Crippen molar-refractivity contribution in [2.45, 2.75) is 0 Å². The maximum absolute atomic E-state index is 5.22. The highest BCUT2D eigenvalue weighted by Gasteiger charge is 2.19. The molecule has 0 heterocycles. The zero-order chi connectivity index (χ0) is 34.9. The Hall–Kier alpha value is -6.77. The summed E-state index contributed by atoms with van der Waals surface area (Å²) in [6.07, 6.45) is 0. The fraction of sp³-hybridized carbons (Fsp3) is 0.0200. The van der Waals surface area contributed by atoms with Gasteiger partial charge < -0.3 is 4.90 Å². The van der Waals surface area contributed by atoms with Crippen LogP contribution in [0.2, 0.25) is 0 Å². The summed E-state index contributed by atoms with van der Waals surface area (Å²) in [4.78, 5) is 7.43. The number of amidine groups is 1. The topological polar surface area (TPSA) is 15.6 Å². The highest BCUT2D eigenvalue weighted by molar-refractivity contribution is 6.22. The first-order chi connectivity index (χ1) is 25.7. The summed E-state index contributed by atoms with van der Waals surface area (Å²) in [5, 5.41) is 7.35. The van der Waals surface area contributed by atoms with Gasteiger partial charge in [-0.3, -0.25) is 0 Å². The Labute approximate surface area is 304 Å². The van der Waals surface area contributed by atoms with Gasteiger partial charge in [-0.05, 0) is 90.0 Å². The molecule has 0 aliphatic carbocycles. The van der Waals surface area contributed by atoms with E-state index in [1.54, 1.807) is 0 Å². The number of rotatable bonds is 6. The summed E-state index contributed by atoms with van der Waals surface area (Å²) in [5.74, 6) is 0.897. The van der Waals surface area contributed by atoms with Gasteiger partial charge in [-0.15, -0.1) is 0 Å². The number of para-hydroxylation sites is 1. The van der Waals surface area contributed by atoms with Crippen molar-refractivity contribution in [2.24, 2.45) is 4.99 Å². The molecule has 0 fully saturated rings. The van der Waals surface area contributed by atoms with Gasteiger partial charge in [0, 0.05) is 18.3 Å². The van der Waals surface area contributed by atoms with E-state index >= 15 is 0 Å². The molecule has 0 aliphatic rings. The zero-order valence-electron chi connectivity index (χ0n) is 28.9. The Bertz CT molecular complexity index is 2650. The predicted octanol–water partition coefficient (Wildman–Crippen LogP) is 13.4. The fourth-order valence-electron chi connectivity index (χ4n) is 7.55. The lowest BCUT2D eigenvalue weighted by molar-refractivity contribution is 1.25. The average molecular weight is 665 g/mol. The molecular formula is C50H36N2. The van der Waals surface area contributed by atoms with Crippen molar-refractivity contribution in [1.82, 2.24) is 0 Å². The molecule has 2 nitrogen and oxygen atoms in total. The smallest absolute Gasteiger partial charge is 0.141 e. The largest absolute Gasteiger partial charge is 0.329 e. The Balaban J connectivity index is 1.15. The Morgan fingerprint density at radius 3 is 1.37 bits per heavy atom. The summed E-state index contributed by atoms with van der Waals surface area (Å²) < 4.78 is 0. The summed E-state index contributed by atoms with van der Waals surface area (Å²) in [5.41, 5.74) is 10.4. The maximum Gasteiger partial charge on any atom is 0.141 e. The van der Waals surface area contributed by atoms with E-state index in [9.17, 15) is 0 Å². The van der Waals surface area contributed by atoms with Crippen LogP contribution in [0.3, 0.4) is 0 Å². The van der Waals surface area contributed by atoms with Gasteiger partial charge in [-0.2, -0.15) is 0 Å². The van der Waals surface area contributed by atoms with Crippen LogP contribution in [0.5, 0.6) is 0 Å². The van der Waals surface area contributed by atoms with E-state index in [-0.39, 0.29) is 0 Å². The van der Waals surface area contributed by atoms with Crippen LogP contribution in [-0.2, 0) is 0 Å². The first kappa shape index (κ1) is 31.2. The lowest BCUT2D eigenvalue weighted by atomic mass is 9.85. The highest BCUT2D eigenvalue weighted by atomic mass is 15.2. The second-order valence-electron chi connectivity index (χ2n) is 13.2. The van der Waals surface area contributed by atoms with Crippen LogP contribution in [0.15, 0.2) is 205 Å². The van der Waals surface area contributed by atoms with Gasteiger partial charge in [-0.1, -0.05) is 176 Å². The quantitative estimate of drug-likeness (QED) is 0.0981. The predicted molar refractivity (Wildman–Crippen MR) is 223 cm³/mol. The van der Waals surface area contributed by atoms with Crippen molar-refractivity contribution in [3.8, 4) is 33.4 Å². The molecule has 0 bridgehead atoms. The monoisotopic (exact) mass is 664 g/mol. The maximum atomic E-state index is 5.22. The summed E-state index contributed by atoms with van der Waals surface area (Å²) in [6, 6.07) is 71.4. The second kappa shape index (κ2) is 13.5. The molecule has 2 heteroatoms. The van der Waals surface area contributed by atoms with Crippen molar-refractivity contribution < 1.29 is 0 Å². The molecule has 0 radical (unpaired) electrons. The minimum atomic E-state index is 0.897. The third-order valence-electron chi connectivity index (χ3n) is 10.1. The van der Waals surface area contributed by atoms with Crippen LogP contribution in [-0.4, -0.2) is 12.9 Å². The van der Waals surface area contributed by atoms with Gasteiger partial charge in [0.1, 0.15) is 5.84 Å². The van der Waals surface area contributed by atoms with E-state index in [1.165, 1.54) is 65.7 Å². The van der Waals surface area contributed by atoms with Crippen LogP contribution in [0.1, 0.15) is 5.56 Å². The van der Waals surface area contributed by atoms with Crippen LogP contribution in [0.4, 0.5) is 11.4 Å². The SMILES string of the molecule is CN(C(=Nc1ccccc1)c1cccc2ccccc12)c1ccc(-c2c3ccccc3c(-c3ccc(-c4ccccc4)cc3)c3ccccc23)cc1. The Kier molecular flexibility index (Phi) is 8.11. The number of aliphatic imine (C=N–C) groups is 1. The Morgan fingerprint density at radius 1 is 0.365 bits per heavy atom. The van der Waals surface area contributed by atoms with Crippen molar-refractivity contribution in [3.05, 3.63) is 206 Å². The van der Waals surface area contributed by atoms with Gasteiger partial charge in [0.15, 0.2) is 0 Å². The van der Waals surface area contributed by atoms with E-state index in [0.29, 0.717) is 0 Å². The van der Waals surface area contributed by atoms with Crippen molar-refractivity contribution in [1.29, 1.82) is 0 Å². The lowest BCUT2D eigenvalue weighted by Crippen LogP contribution is -2.27. The normalized spacial score (nSPS) is 11.7. The fourth-order valence-corrected chi connectivity index (χ4v) is 7.55. The second-order valence-corrected chi connectivity index (χ2v) is 13.2. The number of anilines is 1. The molecule has 0 unspecified atom stereocenters. The van der Waals surface area contributed by atoms with Crippen LogP contribution >= 0.6 is 0 Å². The molecule has 9 aromatic carbocycles. The molecular weight excluding hydrogens is 629 g/mol. The van der Waals surface area contributed by atoms with Crippen LogP contribution < -0.4 is 4.90 Å². The molecule has 0 saturated heterocycles. The van der Waals surface area contributed by atoms with Gasteiger partial charge >= 0.3 is 0 Å². The molecule has 0 atom stereocenters. The van der Waals surface area contributed by atoms with Gasteiger partial charge in [0.2, 0.25) is 0 Å². The van der Waals surface area contributed by atoms with Crippen LogP contribution in [0, 0.1) is 0 Å². The molecule has 246 valence electrons. The average Bonchev–Trinajstić information content (AvgIpc) is 3.22. The molecule has 0 N–H and O–H groups in total. The van der Waals surface area contributed by atoms with Crippen LogP contribution in [0.25, 0.3) is 65.7 Å². The molecule has 9 rings (SSSR count). The van der Waals surface area contributed by atoms with Gasteiger partial charge in [0.25, 0.3) is 0 Å². The highest BCUT2D eigenvalue weighted by Crippen LogP contribution is 2.44. The van der Waals surface area contributed by atoms with Gasteiger partial charge in [-0.25, -0.2) is 4.99 Å². The lowest BCUT2D eigenvalue weighted by Gasteiger charge is -2.24. The minimum Gasteiger partial charge on any atom is -0.329 e. The van der Waals surface area contributed by atoms with E-state index in [0.717, 1.165) is 22.8 Å². The minimum absolute atomic E-state index is 0.897. The van der Waals surface area contributed by atoms with E-state index < -0.39 is 0 Å². The number of benzene rings is 9. The van der Waals surface area contributed by atoms with Crippen molar-refractivity contribution >= 4 is 49.5 Å². The number of nitrogens with zero attached hydrogens (tertiary/aromatic N) is 2. The summed E-state index contributed by atoms with van der Waals surface area (Å²) in [6.45, 7) is 0. The van der Waals surface area contributed by atoms with Gasteiger partial charge in [0.05, 0.1) is 5.69 Å². The number of hydrogen-bond acceptors (Lipinski definition) is 1. The summed E-state index contributed by atoms with van der Waals surface area (Å²) >= 11 is 0. The first-order valence-electron chi connectivity index (χ1n) is 17.8. The van der Waals surface area contributed by atoms with E-state index in [2.05, 4.69) is 194 Å². The molecule has 0 amide bonds. The Morgan fingerprint density at radius 2 is 0.788 bits per heavy atom. The van der Waals surface area contributed by atoms with E-state index in [1.807, 2.05) is 18.2 Å². The van der Waals surface area contributed by atoms with Crippen molar-refractivity contribution in [3.63, 3.8) is 0 Å². The number of hydrogen-bond donors (Lipinski definition) is 0. The molecule has 0 aromatic heterocycles.